The summed E-state index contributed by atoms with van der Waals surface area (Å²) in [5, 5.41) is 18.6. The average molecular weight is 495 g/mol. The molecule has 0 bridgehead atoms. The van der Waals surface area contributed by atoms with Gasteiger partial charge in [-0.05, 0) is 39.3 Å². The number of rotatable bonds is 6. The van der Waals surface area contributed by atoms with Gasteiger partial charge in [-0.1, -0.05) is 30.3 Å². The molecule has 1 aromatic carbocycles. The summed E-state index contributed by atoms with van der Waals surface area (Å²) in [5.41, 5.74) is 7.30. The number of anilines is 1. The lowest BCUT2D eigenvalue weighted by Gasteiger charge is -2.28. The molecule has 1 fully saturated rings. The number of morpholine rings is 1. The Balaban J connectivity index is 0.00000159. The van der Waals surface area contributed by atoms with Gasteiger partial charge in [-0.25, -0.2) is 9.97 Å². The van der Waals surface area contributed by atoms with Gasteiger partial charge in [0.15, 0.2) is 17.4 Å². The maximum Gasteiger partial charge on any atom is 0.184 e. The molecule has 1 aromatic heterocycles. The molecule has 9 nitrogen and oxygen atoms in total. The zero-order valence-electron chi connectivity index (χ0n) is 21.9. The lowest BCUT2D eigenvalue weighted by Crippen LogP contribution is -2.37. The first-order valence-corrected chi connectivity index (χ1v) is 11.2. The molecule has 36 heavy (non-hydrogen) atoms. The van der Waals surface area contributed by atoms with Crippen LogP contribution in [0.25, 0.3) is 17.5 Å². The standard InChI is InChI=1S/C22H26N4O3.C2H5N.C2H2.CH5N/c1-15(16(2)28-3)8-9-19-20(27)22(26-10-12-29-13-11-26)25-21(24-19)18-7-5-4-6-17(18)14-23;1-3-2;2*1-2/h4-9,14,23,27H,10-13H2,1-3H3;1H2,2H3;1-2H;2H2,1H3/b9-8+,16-15-,23-14?;;;. The van der Waals surface area contributed by atoms with E-state index < -0.39 is 0 Å². The van der Waals surface area contributed by atoms with Gasteiger partial charge in [0.05, 0.1) is 26.1 Å². The molecule has 0 saturated carbocycles. The summed E-state index contributed by atoms with van der Waals surface area (Å²) in [4.78, 5) is 14.5. The number of hydrogen-bond donors (Lipinski definition) is 3. The van der Waals surface area contributed by atoms with Crippen molar-refractivity contribution in [2.24, 2.45) is 10.7 Å². The molecule has 1 aliphatic rings. The summed E-state index contributed by atoms with van der Waals surface area (Å²) in [5.74, 6) is 1.76. The number of methoxy groups -OCH3 is 1. The van der Waals surface area contributed by atoms with E-state index in [0.717, 1.165) is 16.9 Å². The summed E-state index contributed by atoms with van der Waals surface area (Å²) in [6.07, 6.45) is 12.9. The summed E-state index contributed by atoms with van der Waals surface area (Å²) >= 11 is 0. The van der Waals surface area contributed by atoms with Crippen molar-refractivity contribution >= 4 is 24.8 Å². The van der Waals surface area contributed by atoms with Gasteiger partial charge < -0.3 is 35.6 Å². The molecule has 2 heterocycles. The fourth-order valence-electron chi connectivity index (χ4n) is 3.00. The lowest BCUT2D eigenvalue weighted by atomic mass is 10.1. The van der Waals surface area contributed by atoms with Crippen molar-refractivity contribution in [3.05, 3.63) is 52.9 Å². The van der Waals surface area contributed by atoms with Crippen LogP contribution in [-0.2, 0) is 9.47 Å². The molecule has 2 aromatic rings. The van der Waals surface area contributed by atoms with Gasteiger partial charge in [-0.15, -0.1) is 12.8 Å². The number of nitrogens with two attached hydrogens (primary N) is 1. The van der Waals surface area contributed by atoms with Crippen LogP contribution >= 0.6 is 0 Å². The molecule has 194 valence electrons. The Kier molecular flexibility index (Phi) is 16.3. The highest BCUT2D eigenvalue weighted by Gasteiger charge is 2.21. The van der Waals surface area contributed by atoms with Gasteiger partial charge >= 0.3 is 0 Å². The molecule has 0 amide bonds. The van der Waals surface area contributed by atoms with E-state index >= 15 is 0 Å². The van der Waals surface area contributed by atoms with Crippen LogP contribution in [0.3, 0.4) is 0 Å². The summed E-state index contributed by atoms with van der Waals surface area (Å²) in [6, 6.07) is 7.48. The molecule has 0 spiro atoms. The highest BCUT2D eigenvalue weighted by molar-refractivity contribution is 5.87. The quantitative estimate of drug-likeness (QED) is 0.241. The monoisotopic (exact) mass is 494 g/mol. The second-order valence-corrected chi connectivity index (χ2v) is 7.03. The highest BCUT2D eigenvalue weighted by Crippen LogP contribution is 2.33. The van der Waals surface area contributed by atoms with Crippen LogP contribution in [0.5, 0.6) is 5.75 Å². The van der Waals surface area contributed by atoms with Crippen molar-refractivity contribution in [2.45, 2.75) is 13.8 Å². The zero-order valence-corrected chi connectivity index (χ0v) is 21.9. The number of aromatic nitrogens is 2. The van der Waals surface area contributed by atoms with E-state index in [4.69, 9.17) is 14.9 Å². The minimum Gasteiger partial charge on any atom is -0.503 e. The fraction of sp³-hybridized carbons (Fsp3) is 0.333. The van der Waals surface area contributed by atoms with Crippen molar-refractivity contribution in [3.8, 4) is 30.0 Å². The molecule has 9 heteroatoms. The number of ether oxygens (including phenoxy) is 2. The van der Waals surface area contributed by atoms with Gasteiger partial charge in [-0.2, -0.15) is 0 Å². The van der Waals surface area contributed by atoms with Crippen molar-refractivity contribution in [1.82, 2.24) is 9.97 Å². The zero-order chi connectivity index (χ0) is 27.5. The molecule has 1 aliphatic heterocycles. The van der Waals surface area contributed by atoms with Crippen molar-refractivity contribution < 1.29 is 14.6 Å². The number of hydrogen-bond acceptors (Lipinski definition) is 9. The third-order valence-electron chi connectivity index (χ3n) is 4.91. The average Bonchev–Trinajstić information content (AvgIpc) is 2.94. The second kappa shape index (κ2) is 18.3. The lowest BCUT2D eigenvalue weighted by molar-refractivity contribution is 0.122. The SMILES string of the molecule is C#C.C=NC.CN.CO/C(C)=C(C)\C=C\c1nc(-c2ccccc2C=N)nc(N2CCOCC2)c1O. The molecule has 3 rings (SSSR count). The first-order valence-electron chi connectivity index (χ1n) is 11.2. The van der Waals surface area contributed by atoms with Crippen LogP contribution in [0.15, 0.2) is 46.7 Å². The number of benzene rings is 1. The normalized spacial score (nSPS) is 12.9. The molecule has 1 saturated heterocycles. The number of nitrogens with zero attached hydrogens (tertiary/aromatic N) is 4. The molecule has 0 atom stereocenters. The van der Waals surface area contributed by atoms with E-state index in [-0.39, 0.29) is 5.75 Å². The first kappa shape index (κ1) is 32.0. The van der Waals surface area contributed by atoms with Crippen molar-refractivity contribution in [1.29, 1.82) is 5.41 Å². The summed E-state index contributed by atoms with van der Waals surface area (Å²) in [7, 11) is 4.76. The van der Waals surface area contributed by atoms with Crippen LogP contribution in [0.2, 0.25) is 0 Å². The van der Waals surface area contributed by atoms with Gasteiger partial charge in [0.25, 0.3) is 0 Å². The van der Waals surface area contributed by atoms with Gasteiger partial charge in [0.2, 0.25) is 0 Å². The Bertz CT molecular complexity index is 1040. The summed E-state index contributed by atoms with van der Waals surface area (Å²) in [6.45, 7) is 9.36. The molecule has 0 radical (unpaired) electrons. The van der Waals surface area contributed by atoms with Gasteiger partial charge in [0, 0.05) is 37.5 Å². The number of aliphatic imine (C=N–C) groups is 1. The number of nitrogens with one attached hydrogen (secondary N) is 1. The van der Waals surface area contributed by atoms with Crippen LogP contribution in [0.1, 0.15) is 25.1 Å². The van der Waals surface area contributed by atoms with E-state index in [1.165, 1.54) is 13.3 Å². The predicted octanol–water partition coefficient (Wildman–Crippen LogP) is 3.78. The van der Waals surface area contributed by atoms with E-state index in [2.05, 4.69) is 40.3 Å². The van der Waals surface area contributed by atoms with Crippen LogP contribution in [0, 0.1) is 18.3 Å². The number of aromatic hydroxyl groups is 1. The van der Waals surface area contributed by atoms with E-state index in [1.807, 2.05) is 49.1 Å². The minimum absolute atomic E-state index is 0.0297. The Labute approximate surface area is 214 Å². The van der Waals surface area contributed by atoms with Crippen LogP contribution < -0.4 is 10.6 Å². The number of terminal acetylenes is 1. The second-order valence-electron chi connectivity index (χ2n) is 7.03. The molecule has 0 unspecified atom stereocenters. The molecule has 4 N–H and O–H groups in total. The van der Waals surface area contributed by atoms with Crippen LogP contribution in [-0.4, -0.2) is 75.5 Å². The topological polar surface area (TPSA) is 130 Å². The Morgan fingerprint density at radius 2 is 1.81 bits per heavy atom. The summed E-state index contributed by atoms with van der Waals surface area (Å²) < 4.78 is 10.7. The minimum atomic E-state index is 0.0297. The van der Waals surface area contributed by atoms with Gasteiger partial charge in [0.1, 0.15) is 5.69 Å². The molecular formula is C27H38N6O3. The van der Waals surface area contributed by atoms with Gasteiger partial charge in [-0.3, -0.25) is 0 Å². The van der Waals surface area contributed by atoms with Crippen LogP contribution in [0.4, 0.5) is 5.82 Å². The Morgan fingerprint density at radius 3 is 2.36 bits per heavy atom. The van der Waals surface area contributed by atoms with E-state index in [0.29, 0.717) is 49.2 Å². The van der Waals surface area contributed by atoms with Crippen molar-refractivity contribution in [2.75, 3.05) is 52.4 Å². The maximum atomic E-state index is 10.9. The predicted molar refractivity (Wildman–Crippen MR) is 150 cm³/mol. The van der Waals surface area contributed by atoms with Crippen molar-refractivity contribution in [3.63, 3.8) is 0 Å². The third-order valence-corrected chi connectivity index (χ3v) is 4.91. The smallest absolute Gasteiger partial charge is 0.184 e. The Hall–Kier alpha value is -4.00. The number of allylic oxidation sites excluding steroid dienone is 3. The maximum absolute atomic E-state index is 10.9. The molecular weight excluding hydrogens is 456 g/mol. The van der Waals surface area contributed by atoms with E-state index in [9.17, 15) is 5.11 Å². The third kappa shape index (κ3) is 9.33. The first-order chi connectivity index (χ1) is 17.5. The largest absolute Gasteiger partial charge is 0.503 e. The fourth-order valence-corrected chi connectivity index (χ4v) is 3.00. The van der Waals surface area contributed by atoms with E-state index in [1.54, 1.807) is 20.2 Å². The Morgan fingerprint density at radius 1 is 1.22 bits per heavy atom. The highest BCUT2D eigenvalue weighted by atomic mass is 16.5. The molecule has 0 aliphatic carbocycles.